The maximum atomic E-state index is 12.1. The Kier molecular flexibility index (Phi) is 4.23. The van der Waals surface area contributed by atoms with Crippen LogP contribution in [0.25, 0.3) is 11.1 Å². The van der Waals surface area contributed by atoms with Gasteiger partial charge in [0, 0.05) is 19.2 Å². The van der Waals surface area contributed by atoms with Crippen molar-refractivity contribution in [2.24, 2.45) is 0 Å². The number of carbonyl (C=O) groups excluding carboxylic acids is 1. The Morgan fingerprint density at radius 3 is 2.83 bits per heavy atom. The molecular formula is C17H17N3O3. The van der Waals surface area contributed by atoms with Gasteiger partial charge in [-0.05, 0) is 31.2 Å². The van der Waals surface area contributed by atoms with E-state index in [4.69, 9.17) is 4.42 Å². The first-order chi connectivity index (χ1) is 11.1. The second kappa shape index (κ2) is 6.48. The molecule has 6 nitrogen and oxygen atoms in total. The Bertz CT molecular complexity index is 867. The second-order valence-corrected chi connectivity index (χ2v) is 5.28. The van der Waals surface area contributed by atoms with E-state index in [1.807, 2.05) is 31.2 Å². The quantitative estimate of drug-likeness (QED) is 0.784. The van der Waals surface area contributed by atoms with Crippen molar-refractivity contribution in [3.8, 4) is 0 Å². The second-order valence-electron chi connectivity index (χ2n) is 5.28. The van der Waals surface area contributed by atoms with E-state index in [0.717, 1.165) is 5.69 Å². The number of nitrogens with one attached hydrogen (secondary N) is 1. The molecule has 1 aromatic carbocycles. The molecule has 1 atom stereocenters. The summed E-state index contributed by atoms with van der Waals surface area (Å²) in [5, 5.41) is 2.88. The van der Waals surface area contributed by atoms with E-state index >= 15 is 0 Å². The number of aromatic nitrogens is 2. The molecule has 0 unspecified atom stereocenters. The smallest absolute Gasteiger partial charge is 0.408 e. The zero-order valence-corrected chi connectivity index (χ0v) is 12.7. The summed E-state index contributed by atoms with van der Waals surface area (Å²) in [6.07, 6.45) is 1.88. The number of para-hydroxylation sites is 2. The third kappa shape index (κ3) is 3.31. The van der Waals surface area contributed by atoms with Gasteiger partial charge in [0.25, 0.3) is 0 Å². The summed E-state index contributed by atoms with van der Waals surface area (Å²) in [5.74, 6) is -0.586. The summed E-state index contributed by atoms with van der Waals surface area (Å²) in [5.41, 5.74) is 2.02. The van der Waals surface area contributed by atoms with Crippen molar-refractivity contribution in [2.45, 2.75) is 25.9 Å². The average Bonchev–Trinajstić information content (AvgIpc) is 2.89. The molecule has 23 heavy (non-hydrogen) atoms. The number of amides is 1. The number of benzene rings is 1. The molecule has 6 heteroatoms. The van der Waals surface area contributed by atoms with Gasteiger partial charge in [0.2, 0.25) is 5.91 Å². The highest BCUT2D eigenvalue weighted by Crippen LogP contribution is 2.12. The summed E-state index contributed by atoms with van der Waals surface area (Å²) in [6, 6.07) is 12.6. The number of hydrogen-bond donors (Lipinski definition) is 1. The van der Waals surface area contributed by atoms with Gasteiger partial charge in [0.1, 0.15) is 0 Å². The molecule has 118 valence electrons. The van der Waals surface area contributed by atoms with E-state index in [9.17, 15) is 9.59 Å². The number of carbonyl (C=O) groups is 1. The van der Waals surface area contributed by atoms with Gasteiger partial charge in [-0.25, -0.2) is 4.79 Å². The first-order valence-corrected chi connectivity index (χ1v) is 7.44. The van der Waals surface area contributed by atoms with Crippen LogP contribution in [0.3, 0.4) is 0 Å². The molecule has 0 saturated carbocycles. The lowest BCUT2D eigenvalue weighted by Crippen LogP contribution is -2.29. The minimum atomic E-state index is -0.447. The number of aryl methyl sites for hydroxylation is 1. The predicted octanol–water partition coefficient (Wildman–Crippen LogP) is 2.26. The Hall–Kier alpha value is -2.89. The Labute approximate surface area is 132 Å². The largest absolute Gasteiger partial charge is 0.419 e. The fourth-order valence-corrected chi connectivity index (χ4v) is 2.46. The highest BCUT2D eigenvalue weighted by Gasteiger charge is 2.13. The molecule has 1 amide bonds. The lowest BCUT2D eigenvalue weighted by Gasteiger charge is -2.13. The molecule has 2 aromatic heterocycles. The number of pyridine rings is 1. The molecule has 0 bridgehead atoms. The molecule has 0 radical (unpaired) electrons. The number of fused-ring (bicyclic) bond motifs is 1. The van der Waals surface area contributed by atoms with E-state index in [-0.39, 0.29) is 24.9 Å². The van der Waals surface area contributed by atoms with Crippen LogP contribution in [0.15, 0.2) is 57.9 Å². The molecule has 0 aliphatic heterocycles. The van der Waals surface area contributed by atoms with E-state index in [1.54, 1.807) is 24.4 Å². The van der Waals surface area contributed by atoms with Crippen molar-refractivity contribution < 1.29 is 9.21 Å². The van der Waals surface area contributed by atoms with Crippen molar-refractivity contribution in [2.75, 3.05) is 0 Å². The van der Waals surface area contributed by atoms with Gasteiger partial charge in [-0.2, -0.15) is 0 Å². The van der Waals surface area contributed by atoms with Crippen LogP contribution in [0.4, 0.5) is 0 Å². The lowest BCUT2D eigenvalue weighted by molar-refractivity contribution is -0.122. The average molecular weight is 311 g/mol. The van der Waals surface area contributed by atoms with Crippen LogP contribution in [0.5, 0.6) is 0 Å². The van der Waals surface area contributed by atoms with Gasteiger partial charge in [0.05, 0.1) is 17.3 Å². The van der Waals surface area contributed by atoms with Gasteiger partial charge < -0.3 is 9.73 Å². The zero-order chi connectivity index (χ0) is 16.2. The van der Waals surface area contributed by atoms with Crippen molar-refractivity contribution in [3.63, 3.8) is 0 Å². The van der Waals surface area contributed by atoms with Gasteiger partial charge in [0.15, 0.2) is 5.58 Å². The van der Waals surface area contributed by atoms with Crippen molar-refractivity contribution in [3.05, 3.63) is 64.9 Å². The van der Waals surface area contributed by atoms with Crippen LogP contribution in [-0.2, 0) is 11.3 Å². The van der Waals surface area contributed by atoms with Crippen LogP contribution in [0.1, 0.15) is 25.1 Å². The van der Waals surface area contributed by atoms with Crippen LogP contribution in [0.2, 0.25) is 0 Å². The summed E-state index contributed by atoms with van der Waals surface area (Å²) in [7, 11) is 0. The van der Waals surface area contributed by atoms with Crippen molar-refractivity contribution in [1.82, 2.24) is 14.9 Å². The van der Waals surface area contributed by atoms with Crippen LogP contribution in [-0.4, -0.2) is 15.5 Å². The fourth-order valence-electron chi connectivity index (χ4n) is 2.46. The Morgan fingerprint density at radius 1 is 1.26 bits per heavy atom. The fraction of sp³-hybridized carbons (Fsp3) is 0.235. The molecule has 3 rings (SSSR count). The predicted molar refractivity (Wildman–Crippen MR) is 85.9 cm³/mol. The number of hydrogen-bond acceptors (Lipinski definition) is 4. The SMILES string of the molecule is C[C@H](NC(=O)CCn1c(=O)oc2ccccc21)c1ccccn1. The maximum absolute atomic E-state index is 12.1. The van der Waals surface area contributed by atoms with Gasteiger partial charge in [-0.3, -0.25) is 14.3 Å². The molecule has 2 heterocycles. The van der Waals surface area contributed by atoms with Gasteiger partial charge >= 0.3 is 5.76 Å². The highest BCUT2D eigenvalue weighted by molar-refractivity contribution is 5.77. The molecule has 1 N–H and O–H groups in total. The number of rotatable bonds is 5. The molecule has 0 aliphatic rings. The van der Waals surface area contributed by atoms with Crippen LogP contribution in [0, 0.1) is 0 Å². The Morgan fingerprint density at radius 2 is 2.04 bits per heavy atom. The topological polar surface area (TPSA) is 77.1 Å². The molecule has 0 fully saturated rings. The molecule has 0 spiro atoms. The van der Waals surface area contributed by atoms with Crippen LogP contribution < -0.4 is 11.1 Å². The monoisotopic (exact) mass is 311 g/mol. The number of oxazole rings is 1. The van der Waals surface area contributed by atoms with E-state index < -0.39 is 5.76 Å². The molecular weight excluding hydrogens is 294 g/mol. The minimum Gasteiger partial charge on any atom is -0.408 e. The molecule has 0 saturated heterocycles. The minimum absolute atomic E-state index is 0.139. The third-order valence-corrected chi connectivity index (χ3v) is 3.65. The van der Waals surface area contributed by atoms with Crippen molar-refractivity contribution >= 4 is 17.0 Å². The van der Waals surface area contributed by atoms with E-state index in [0.29, 0.717) is 11.1 Å². The van der Waals surface area contributed by atoms with Crippen molar-refractivity contribution in [1.29, 1.82) is 0 Å². The summed E-state index contributed by atoms with van der Waals surface area (Å²) in [4.78, 5) is 28.1. The molecule has 3 aromatic rings. The lowest BCUT2D eigenvalue weighted by atomic mass is 10.2. The van der Waals surface area contributed by atoms with Gasteiger partial charge in [-0.15, -0.1) is 0 Å². The van der Waals surface area contributed by atoms with E-state index in [2.05, 4.69) is 10.3 Å². The summed E-state index contributed by atoms with van der Waals surface area (Å²) in [6.45, 7) is 2.15. The number of nitrogens with zero attached hydrogens (tertiary/aromatic N) is 2. The van der Waals surface area contributed by atoms with E-state index in [1.165, 1.54) is 4.57 Å². The first-order valence-electron chi connectivity index (χ1n) is 7.44. The third-order valence-electron chi connectivity index (χ3n) is 3.65. The zero-order valence-electron chi connectivity index (χ0n) is 12.7. The highest BCUT2D eigenvalue weighted by atomic mass is 16.4. The summed E-state index contributed by atoms with van der Waals surface area (Å²) < 4.78 is 6.62. The standard InChI is InChI=1S/C17H17N3O3/c1-12(13-6-4-5-10-18-13)19-16(21)9-11-20-14-7-2-3-8-15(14)23-17(20)22/h2-8,10,12H,9,11H2,1H3,(H,19,21)/t12-/m0/s1. The molecule has 0 aliphatic carbocycles. The van der Waals surface area contributed by atoms with Gasteiger partial charge in [-0.1, -0.05) is 18.2 Å². The first kappa shape index (κ1) is 15.0. The van der Waals surface area contributed by atoms with Crippen LogP contribution >= 0.6 is 0 Å². The summed E-state index contributed by atoms with van der Waals surface area (Å²) >= 11 is 0. The normalized spacial score (nSPS) is 12.2. The maximum Gasteiger partial charge on any atom is 0.419 e. The Balaban J connectivity index is 1.65.